The van der Waals surface area contributed by atoms with Crippen molar-refractivity contribution in [3.8, 4) is 0 Å². The number of rotatable bonds is 7. The van der Waals surface area contributed by atoms with Crippen LogP contribution in [0.5, 0.6) is 0 Å². The number of hydrogen-bond acceptors (Lipinski definition) is 3. The van der Waals surface area contributed by atoms with E-state index in [-0.39, 0.29) is 18.4 Å². The number of imide groups is 1. The highest BCUT2D eigenvalue weighted by Gasteiger charge is 2.38. The average molecular weight is 383 g/mol. The van der Waals surface area contributed by atoms with Crippen molar-refractivity contribution in [2.75, 3.05) is 6.54 Å². The lowest BCUT2D eigenvalue weighted by Crippen LogP contribution is -2.41. The van der Waals surface area contributed by atoms with Crippen LogP contribution in [0.2, 0.25) is 0 Å². The number of nitrogens with one attached hydrogen (secondary N) is 2. The molecule has 0 saturated carbocycles. The molecular weight excluding hydrogens is 361 g/mol. The highest BCUT2D eigenvalue weighted by atomic mass is 19.1. The van der Waals surface area contributed by atoms with E-state index in [1.807, 2.05) is 30.3 Å². The molecule has 2 atom stereocenters. The molecule has 0 radical (unpaired) electrons. The van der Waals surface area contributed by atoms with Crippen molar-refractivity contribution in [1.29, 1.82) is 0 Å². The molecule has 1 aliphatic heterocycles. The number of urea groups is 1. The number of carbonyl (C=O) groups is 3. The predicted molar refractivity (Wildman–Crippen MR) is 102 cm³/mol. The number of hydrogen-bond donors (Lipinski definition) is 2. The Labute approximate surface area is 162 Å². The van der Waals surface area contributed by atoms with Gasteiger partial charge in [-0.3, -0.25) is 14.5 Å². The highest BCUT2D eigenvalue weighted by Crippen LogP contribution is 2.15. The lowest BCUT2D eigenvalue weighted by molar-refractivity contribution is -0.132. The second-order valence-electron chi connectivity index (χ2n) is 6.79. The van der Waals surface area contributed by atoms with Crippen LogP contribution >= 0.6 is 0 Å². The van der Waals surface area contributed by atoms with Crippen LogP contribution in [0.4, 0.5) is 9.18 Å². The maximum atomic E-state index is 13.0. The van der Waals surface area contributed by atoms with Crippen molar-refractivity contribution in [3.05, 3.63) is 71.5 Å². The molecule has 0 aromatic heterocycles. The second-order valence-corrected chi connectivity index (χ2v) is 6.79. The fraction of sp³-hybridized carbons (Fsp3) is 0.286. The molecule has 146 valence electrons. The Bertz CT molecular complexity index is 855. The van der Waals surface area contributed by atoms with Crippen LogP contribution in [0.15, 0.2) is 54.6 Å². The molecule has 1 saturated heterocycles. The van der Waals surface area contributed by atoms with E-state index < -0.39 is 23.9 Å². The molecule has 0 aliphatic carbocycles. The molecule has 1 aliphatic rings. The zero-order chi connectivity index (χ0) is 20.1. The molecule has 7 heteroatoms. The van der Waals surface area contributed by atoms with Crippen LogP contribution in [0.25, 0.3) is 0 Å². The molecular formula is C21H22FN3O3. The molecule has 0 unspecified atom stereocenters. The lowest BCUT2D eigenvalue weighted by atomic mass is 10.1. The van der Waals surface area contributed by atoms with Gasteiger partial charge in [-0.05, 0) is 43.0 Å². The van der Waals surface area contributed by atoms with Gasteiger partial charge in [0.05, 0.1) is 6.04 Å². The summed E-state index contributed by atoms with van der Waals surface area (Å²) in [6, 6.07) is 13.9. The Hall–Kier alpha value is -3.22. The minimum absolute atomic E-state index is 0.349. The van der Waals surface area contributed by atoms with Crippen molar-refractivity contribution >= 4 is 17.8 Å². The van der Waals surface area contributed by atoms with E-state index in [9.17, 15) is 18.8 Å². The summed E-state index contributed by atoms with van der Waals surface area (Å²) in [4.78, 5) is 37.8. The van der Waals surface area contributed by atoms with Gasteiger partial charge in [-0.1, -0.05) is 42.5 Å². The largest absolute Gasteiger partial charge is 0.348 e. The number of carbonyl (C=O) groups excluding carboxylic acids is 3. The van der Waals surface area contributed by atoms with Gasteiger partial charge in [0, 0.05) is 0 Å². The second kappa shape index (κ2) is 8.65. The Balaban J connectivity index is 1.53. The van der Waals surface area contributed by atoms with E-state index in [4.69, 9.17) is 0 Å². The van der Waals surface area contributed by atoms with Crippen molar-refractivity contribution in [3.63, 3.8) is 0 Å². The Morgan fingerprint density at radius 2 is 1.82 bits per heavy atom. The summed E-state index contributed by atoms with van der Waals surface area (Å²) in [5.74, 6) is -1.21. The topological polar surface area (TPSA) is 78.5 Å². The smallest absolute Gasteiger partial charge is 0.325 e. The number of aryl methyl sites for hydroxylation is 1. The van der Waals surface area contributed by atoms with Crippen LogP contribution in [0, 0.1) is 5.82 Å². The monoisotopic (exact) mass is 383 g/mol. The zero-order valence-corrected chi connectivity index (χ0v) is 15.5. The molecule has 2 aromatic carbocycles. The summed E-state index contributed by atoms with van der Waals surface area (Å²) in [6.07, 6.45) is 1.12. The fourth-order valence-electron chi connectivity index (χ4n) is 3.14. The Kier molecular flexibility index (Phi) is 6.03. The quantitative estimate of drug-likeness (QED) is 0.722. The van der Waals surface area contributed by atoms with Gasteiger partial charge in [-0.2, -0.15) is 0 Å². The summed E-state index contributed by atoms with van der Waals surface area (Å²) < 4.78 is 13.0. The van der Waals surface area contributed by atoms with Crippen LogP contribution in [0.1, 0.15) is 30.5 Å². The lowest BCUT2D eigenvalue weighted by Gasteiger charge is -2.17. The molecule has 2 N–H and O–H groups in total. The Morgan fingerprint density at radius 3 is 2.50 bits per heavy atom. The summed E-state index contributed by atoms with van der Waals surface area (Å²) in [5, 5.41) is 5.36. The van der Waals surface area contributed by atoms with Crippen LogP contribution in [-0.4, -0.2) is 35.3 Å². The van der Waals surface area contributed by atoms with E-state index >= 15 is 0 Å². The number of nitrogens with zero attached hydrogens (tertiary/aromatic N) is 1. The van der Waals surface area contributed by atoms with Crippen molar-refractivity contribution in [2.24, 2.45) is 0 Å². The van der Waals surface area contributed by atoms with Gasteiger partial charge in [0.1, 0.15) is 18.4 Å². The summed E-state index contributed by atoms with van der Waals surface area (Å²) in [6.45, 7) is 1.40. The first-order valence-corrected chi connectivity index (χ1v) is 9.14. The third-order valence-corrected chi connectivity index (χ3v) is 4.72. The van der Waals surface area contributed by atoms with Crippen LogP contribution in [0.3, 0.4) is 0 Å². The van der Waals surface area contributed by atoms with Gasteiger partial charge >= 0.3 is 6.03 Å². The van der Waals surface area contributed by atoms with E-state index in [0.717, 1.165) is 16.0 Å². The van der Waals surface area contributed by atoms with E-state index in [0.29, 0.717) is 12.8 Å². The average Bonchev–Trinajstić information content (AvgIpc) is 2.95. The van der Waals surface area contributed by atoms with Gasteiger partial charge in [0.25, 0.3) is 5.91 Å². The first kappa shape index (κ1) is 19.5. The molecule has 1 fully saturated rings. The standard InChI is InChI=1S/C21H22FN3O3/c1-14(16-8-10-17(22)11-9-16)23-19(26)13-25-20(27)18(24-21(25)28)12-7-15-5-3-2-4-6-15/h2-6,8-11,14,18H,7,12-13H2,1H3,(H,23,26)(H,24,28)/t14-,18-/m0/s1. The number of halogens is 1. The number of amides is 4. The maximum absolute atomic E-state index is 13.0. The summed E-state index contributed by atoms with van der Waals surface area (Å²) in [5.41, 5.74) is 1.81. The Morgan fingerprint density at radius 1 is 1.14 bits per heavy atom. The summed E-state index contributed by atoms with van der Waals surface area (Å²) in [7, 11) is 0. The van der Waals surface area contributed by atoms with E-state index in [1.54, 1.807) is 19.1 Å². The van der Waals surface area contributed by atoms with Gasteiger partial charge in [-0.15, -0.1) is 0 Å². The van der Waals surface area contributed by atoms with E-state index in [2.05, 4.69) is 10.6 Å². The first-order valence-electron chi connectivity index (χ1n) is 9.14. The minimum Gasteiger partial charge on any atom is -0.348 e. The van der Waals surface area contributed by atoms with Crippen molar-refractivity contribution in [2.45, 2.75) is 31.8 Å². The predicted octanol–water partition coefficient (Wildman–Crippen LogP) is 2.56. The molecule has 28 heavy (non-hydrogen) atoms. The van der Waals surface area contributed by atoms with Crippen LogP contribution in [-0.2, 0) is 16.0 Å². The highest BCUT2D eigenvalue weighted by molar-refractivity contribution is 6.06. The molecule has 2 aromatic rings. The molecule has 1 heterocycles. The SMILES string of the molecule is C[C@H](NC(=O)CN1C(=O)N[C@@H](CCc2ccccc2)C1=O)c1ccc(F)cc1. The first-order chi connectivity index (χ1) is 13.4. The molecule has 0 spiro atoms. The van der Waals surface area contributed by atoms with Gasteiger partial charge in [-0.25, -0.2) is 9.18 Å². The molecule has 4 amide bonds. The minimum atomic E-state index is -0.630. The normalized spacial score (nSPS) is 17.4. The van der Waals surface area contributed by atoms with E-state index in [1.165, 1.54) is 12.1 Å². The summed E-state index contributed by atoms with van der Waals surface area (Å²) >= 11 is 0. The number of benzene rings is 2. The molecule has 6 nitrogen and oxygen atoms in total. The van der Waals surface area contributed by atoms with Crippen molar-refractivity contribution in [1.82, 2.24) is 15.5 Å². The third-order valence-electron chi connectivity index (χ3n) is 4.72. The van der Waals surface area contributed by atoms with Gasteiger partial charge < -0.3 is 10.6 Å². The van der Waals surface area contributed by atoms with Gasteiger partial charge in [0.2, 0.25) is 5.91 Å². The fourth-order valence-corrected chi connectivity index (χ4v) is 3.14. The van der Waals surface area contributed by atoms with Crippen LogP contribution < -0.4 is 10.6 Å². The third kappa shape index (κ3) is 4.73. The van der Waals surface area contributed by atoms with Gasteiger partial charge in [0.15, 0.2) is 0 Å². The van der Waals surface area contributed by atoms with Crippen molar-refractivity contribution < 1.29 is 18.8 Å². The zero-order valence-electron chi connectivity index (χ0n) is 15.5. The molecule has 3 rings (SSSR count). The molecule has 0 bridgehead atoms. The maximum Gasteiger partial charge on any atom is 0.325 e.